The lowest BCUT2D eigenvalue weighted by molar-refractivity contribution is -0.140. The summed E-state index contributed by atoms with van der Waals surface area (Å²) in [6, 6.07) is 6.83. The van der Waals surface area contributed by atoms with Crippen molar-refractivity contribution in [3.63, 3.8) is 0 Å². The number of halogens is 3. The summed E-state index contributed by atoms with van der Waals surface area (Å²) in [5.74, 6) is -3.77. The maximum atomic E-state index is 15.2. The highest BCUT2D eigenvalue weighted by Gasteiger charge is 2.33. The van der Waals surface area contributed by atoms with Crippen LogP contribution in [0.3, 0.4) is 0 Å². The third kappa shape index (κ3) is 5.88. The van der Waals surface area contributed by atoms with Gasteiger partial charge in [0.1, 0.15) is 5.75 Å². The Hall–Kier alpha value is -2.54. The van der Waals surface area contributed by atoms with Crippen LogP contribution in [0.4, 0.5) is 13.2 Å². The zero-order valence-corrected chi connectivity index (χ0v) is 20.7. The Morgan fingerprint density at radius 2 is 1.47 bits per heavy atom. The molecule has 4 nitrogen and oxygen atoms in total. The van der Waals surface area contributed by atoms with Crippen LogP contribution in [0.1, 0.15) is 94.1 Å². The van der Waals surface area contributed by atoms with Crippen LogP contribution in [0.5, 0.6) is 11.5 Å². The number of rotatable bonds is 7. The van der Waals surface area contributed by atoms with Crippen molar-refractivity contribution in [1.82, 2.24) is 0 Å². The number of aliphatic hydroxyl groups is 1. The van der Waals surface area contributed by atoms with E-state index in [9.17, 15) is 19.4 Å². The summed E-state index contributed by atoms with van der Waals surface area (Å²) in [6.45, 7) is 2.05. The largest absolute Gasteiger partial charge is 0.505 e. The summed E-state index contributed by atoms with van der Waals surface area (Å²) in [5.41, 5.74) is 0.786. The van der Waals surface area contributed by atoms with Crippen molar-refractivity contribution >= 4 is 5.97 Å². The average molecular weight is 505 g/mol. The Kier molecular flexibility index (Phi) is 8.60. The molecule has 0 amide bonds. The van der Waals surface area contributed by atoms with E-state index in [0.717, 1.165) is 50.7 Å². The number of hydrogen-bond acceptors (Lipinski definition) is 4. The second-order valence-electron chi connectivity index (χ2n) is 10.4. The molecule has 0 aliphatic heterocycles. The Bertz CT molecular complexity index is 1060. The topological polar surface area (TPSA) is 66.8 Å². The third-order valence-electron chi connectivity index (χ3n) is 8.12. The van der Waals surface area contributed by atoms with Gasteiger partial charge in [-0.25, -0.2) is 13.2 Å². The lowest BCUT2D eigenvalue weighted by atomic mass is 9.74. The summed E-state index contributed by atoms with van der Waals surface area (Å²) < 4.78 is 49.0. The standard InChI is InChI=1S/C29H35F3O4/c1-2-3-25(33)19-8-4-17(5-9-19)22-13-14-23(28(32)27(22)31)18-6-10-20(11-7-18)29(35)36-21-12-15-26(34)24(30)16-21/h12-20,25,33-34H,2-11H2,1H3. The van der Waals surface area contributed by atoms with Crippen molar-refractivity contribution < 1.29 is 32.9 Å². The molecule has 2 aliphatic carbocycles. The van der Waals surface area contributed by atoms with Gasteiger partial charge in [0.15, 0.2) is 23.2 Å². The van der Waals surface area contributed by atoms with E-state index in [1.54, 1.807) is 12.1 Å². The van der Waals surface area contributed by atoms with Crippen molar-refractivity contribution in [2.24, 2.45) is 11.8 Å². The monoisotopic (exact) mass is 504 g/mol. The molecule has 7 heteroatoms. The molecule has 0 saturated heterocycles. The first-order chi connectivity index (χ1) is 17.3. The van der Waals surface area contributed by atoms with E-state index in [1.807, 2.05) is 6.92 Å². The first-order valence-electron chi connectivity index (χ1n) is 13.1. The zero-order valence-electron chi connectivity index (χ0n) is 20.7. The van der Waals surface area contributed by atoms with Gasteiger partial charge < -0.3 is 14.9 Å². The minimum atomic E-state index is -0.868. The van der Waals surface area contributed by atoms with Gasteiger partial charge in [0.25, 0.3) is 0 Å². The number of carbonyl (C=O) groups excluding carboxylic acids is 1. The fourth-order valence-corrected chi connectivity index (χ4v) is 5.95. The maximum Gasteiger partial charge on any atom is 0.314 e. The molecule has 0 radical (unpaired) electrons. The second-order valence-corrected chi connectivity index (χ2v) is 10.4. The summed E-state index contributed by atoms with van der Waals surface area (Å²) >= 11 is 0. The molecule has 2 aromatic carbocycles. The zero-order chi connectivity index (χ0) is 25.8. The van der Waals surface area contributed by atoms with E-state index in [2.05, 4.69) is 0 Å². The van der Waals surface area contributed by atoms with Crippen LogP contribution in [0.15, 0.2) is 30.3 Å². The molecule has 2 fully saturated rings. The minimum absolute atomic E-state index is 0.0232. The number of benzene rings is 2. The van der Waals surface area contributed by atoms with E-state index >= 15 is 8.78 Å². The molecule has 196 valence electrons. The first-order valence-corrected chi connectivity index (χ1v) is 13.1. The molecule has 1 atom stereocenters. The Balaban J connectivity index is 1.34. The quantitative estimate of drug-likeness (QED) is 0.311. The van der Waals surface area contributed by atoms with Crippen molar-refractivity contribution in [2.45, 2.75) is 89.1 Å². The van der Waals surface area contributed by atoms with Gasteiger partial charge in [-0.3, -0.25) is 4.79 Å². The molecule has 2 N–H and O–H groups in total. The summed E-state index contributed by atoms with van der Waals surface area (Å²) in [7, 11) is 0. The molecule has 2 saturated carbocycles. The lowest BCUT2D eigenvalue weighted by Gasteiger charge is -2.32. The van der Waals surface area contributed by atoms with Gasteiger partial charge in [-0.1, -0.05) is 25.5 Å². The summed E-state index contributed by atoms with van der Waals surface area (Å²) in [6.07, 6.45) is 6.55. The third-order valence-corrected chi connectivity index (χ3v) is 8.12. The molecule has 0 heterocycles. The van der Waals surface area contributed by atoms with Gasteiger partial charge in [0, 0.05) is 6.07 Å². The molecular weight excluding hydrogens is 469 g/mol. The van der Waals surface area contributed by atoms with E-state index < -0.39 is 35.1 Å². The Morgan fingerprint density at radius 1 is 0.917 bits per heavy atom. The van der Waals surface area contributed by atoms with Crippen LogP contribution in [0, 0.1) is 29.3 Å². The highest BCUT2D eigenvalue weighted by molar-refractivity contribution is 5.75. The maximum absolute atomic E-state index is 15.2. The molecule has 2 aliphatic rings. The minimum Gasteiger partial charge on any atom is -0.505 e. The Labute approximate surface area is 210 Å². The average Bonchev–Trinajstić information content (AvgIpc) is 2.88. The van der Waals surface area contributed by atoms with Gasteiger partial charge in [0.2, 0.25) is 0 Å². The van der Waals surface area contributed by atoms with Crippen LogP contribution >= 0.6 is 0 Å². The molecule has 4 rings (SSSR count). The number of phenols is 1. The molecule has 0 bridgehead atoms. The van der Waals surface area contributed by atoms with Gasteiger partial charge in [0.05, 0.1) is 12.0 Å². The summed E-state index contributed by atoms with van der Waals surface area (Å²) in [4.78, 5) is 12.5. The smallest absolute Gasteiger partial charge is 0.314 e. The highest BCUT2D eigenvalue weighted by atomic mass is 19.2. The number of aromatic hydroxyl groups is 1. The fourth-order valence-electron chi connectivity index (χ4n) is 5.95. The van der Waals surface area contributed by atoms with Crippen molar-refractivity contribution in [3.8, 4) is 11.5 Å². The predicted octanol–water partition coefficient (Wildman–Crippen LogP) is 7.12. The normalized spacial score (nSPS) is 25.4. The van der Waals surface area contributed by atoms with Crippen molar-refractivity contribution in [2.75, 3.05) is 0 Å². The molecule has 0 spiro atoms. The van der Waals surface area contributed by atoms with Crippen LogP contribution in [-0.4, -0.2) is 22.3 Å². The number of esters is 1. The molecular formula is C29H35F3O4. The predicted molar refractivity (Wildman–Crippen MR) is 130 cm³/mol. The Morgan fingerprint density at radius 3 is 2.00 bits per heavy atom. The van der Waals surface area contributed by atoms with Gasteiger partial charge in [-0.2, -0.15) is 0 Å². The van der Waals surface area contributed by atoms with Crippen LogP contribution in [-0.2, 0) is 4.79 Å². The molecule has 0 aromatic heterocycles. The molecule has 36 heavy (non-hydrogen) atoms. The van der Waals surface area contributed by atoms with Gasteiger partial charge in [-0.05, 0) is 98.8 Å². The second kappa shape index (κ2) is 11.7. The van der Waals surface area contributed by atoms with Gasteiger partial charge in [-0.15, -0.1) is 0 Å². The van der Waals surface area contributed by atoms with Crippen LogP contribution < -0.4 is 4.74 Å². The van der Waals surface area contributed by atoms with Crippen LogP contribution in [0.2, 0.25) is 0 Å². The highest BCUT2D eigenvalue weighted by Crippen LogP contribution is 2.42. The van der Waals surface area contributed by atoms with Crippen molar-refractivity contribution in [3.05, 3.63) is 58.9 Å². The van der Waals surface area contributed by atoms with Crippen molar-refractivity contribution in [1.29, 1.82) is 0 Å². The SMILES string of the molecule is CCCC(O)C1CCC(c2ccc(C3CCC(C(=O)Oc4ccc(O)c(F)c4)CC3)c(F)c2F)CC1. The summed E-state index contributed by atoms with van der Waals surface area (Å²) in [5, 5.41) is 19.5. The molecule has 1 unspecified atom stereocenters. The number of hydrogen-bond donors (Lipinski definition) is 2. The van der Waals surface area contributed by atoms with Gasteiger partial charge >= 0.3 is 5.97 Å². The molecule has 2 aromatic rings. The first kappa shape index (κ1) is 26.5. The number of phenolic OH excluding ortho intramolecular Hbond substituents is 1. The van der Waals surface area contributed by atoms with E-state index in [0.29, 0.717) is 36.8 Å². The van der Waals surface area contributed by atoms with Crippen LogP contribution in [0.25, 0.3) is 0 Å². The lowest BCUT2D eigenvalue weighted by Crippen LogP contribution is -2.26. The number of carbonyl (C=O) groups is 1. The van der Waals surface area contributed by atoms with E-state index in [1.165, 1.54) is 6.07 Å². The van der Waals surface area contributed by atoms with E-state index in [-0.39, 0.29) is 29.6 Å². The fraction of sp³-hybridized carbons (Fsp3) is 0.552. The number of aliphatic hydroxyl groups excluding tert-OH is 1. The van der Waals surface area contributed by atoms with E-state index in [4.69, 9.17) is 4.74 Å². The number of ether oxygens (including phenoxy) is 1.